The molecule has 7 heteroatoms. The number of carbonyl (C=O) groups excluding carboxylic acids is 2. The Morgan fingerprint density at radius 3 is 2.56 bits per heavy atom. The number of nitrogens with one attached hydrogen (secondary N) is 2. The number of halogens is 1. The zero-order valence-electron chi connectivity index (χ0n) is 15.2. The maximum atomic E-state index is 12.1. The molecule has 1 aliphatic heterocycles. The van der Waals surface area contributed by atoms with Crippen LogP contribution in [0.25, 0.3) is 0 Å². The second kappa shape index (κ2) is 8.86. The average Bonchev–Trinajstić information content (AvgIpc) is 2.70. The Morgan fingerprint density at radius 2 is 1.85 bits per heavy atom. The molecule has 0 bridgehead atoms. The zero-order chi connectivity index (χ0) is 19.2. The van der Waals surface area contributed by atoms with Crippen molar-refractivity contribution in [2.24, 2.45) is 5.92 Å². The quantitative estimate of drug-likeness (QED) is 0.792. The number of aromatic nitrogens is 1. The number of hydrogen-bond donors (Lipinski definition) is 2. The summed E-state index contributed by atoms with van der Waals surface area (Å²) in [5.41, 5.74) is 2.46. The first kappa shape index (κ1) is 19.2. The molecule has 1 fully saturated rings. The first-order valence-electron chi connectivity index (χ1n) is 9.04. The van der Waals surface area contributed by atoms with Gasteiger partial charge in [0.15, 0.2) is 0 Å². The highest BCUT2D eigenvalue weighted by Crippen LogP contribution is 2.23. The molecular weight excluding hydrogens is 364 g/mol. The summed E-state index contributed by atoms with van der Waals surface area (Å²) in [5.74, 6) is -0.923. The van der Waals surface area contributed by atoms with Crippen LogP contribution in [0.3, 0.4) is 0 Å². The van der Waals surface area contributed by atoms with Crippen molar-refractivity contribution in [3.63, 3.8) is 0 Å². The molecule has 2 N–H and O–H groups in total. The number of pyridine rings is 1. The van der Waals surface area contributed by atoms with E-state index in [2.05, 4.69) is 20.5 Å². The van der Waals surface area contributed by atoms with Crippen LogP contribution < -0.4 is 15.5 Å². The van der Waals surface area contributed by atoms with Crippen LogP contribution >= 0.6 is 11.6 Å². The third-order valence-corrected chi connectivity index (χ3v) is 5.33. The normalized spacial score (nSPS) is 14.7. The summed E-state index contributed by atoms with van der Waals surface area (Å²) in [7, 11) is 0. The van der Waals surface area contributed by atoms with Crippen LogP contribution in [0.5, 0.6) is 0 Å². The number of hydrogen-bond acceptors (Lipinski definition) is 4. The Hall–Kier alpha value is -2.60. The lowest BCUT2D eigenvalue weighted by molar-refractivity contribution is -0.136. The van der Waals surface area contributed by atoms with E-state index in [1.54, 1.807) is 37.5 Å². The minimum absolute atomic E-state index is 0.368. The van der Waals surface area contributed by atoms with Crippen LogP contribution in [0.1, 0.15) is 18.4 Å². The molecule has 1 aliphatic rings. The van der Waals surface area contributed by atoms with Crippen LogP contribution in [-0.2, 0) is 9.59 Å². The van der Waals surface area contributed by atoms with Crippen LogP contribution in [0.15, 0.2) is 42.7 Å². The molecule has 1 aromatic heterocycles. The highest BCUT2D eigenvalue weighted by atomic mass is 35.5. The van der Waals surface area contributed by atoms with Crippen LogP contribution in [0.2, 0.25) is 5.02 Å². The number of benzene rings is 1. The van der Waals surface area contributed by atoms with Gasteiger partial charge < -0.3 is 15.5 Å². The van der Waals surface area contributed by atoms with Crippen LogP contribution in [0, 0.1) is 12.8 Å². The van der Waals surface area contributed by atoms with E-state index in [9.17, 15) is 9.59 Å². The number of piperidine rings is 1. The molecule has 0 saturated carbocycles. The van der Waals surface area contributed by atoms with Crippen molar-refractivity contribution in [1.82, 2.24) is 10.3 Å². The fourth-order valence-electron chi connectivity index (χ4n) is 3.19. The van der Waals surface area contributed by atoms with Gasteiger partial charge in [-0.25, -0.2) is 0 Å². The lowest BCUT2D eigenvalue weighted by Crippen LogP contribution is -2.41. The lowest BCUT2D eigenvalue weighted by Gasteiger charge is -2.33. The number of anilines is 2. The van der Waals surface area contributed by atoms with Crippen LogP contribution in [0.4, 0.5) is 11.4 Å². The van der Waals surface area contributed by atoms with E-state index < -0.39 is 11.8 Å². The summed E-state index contributed by atoms with van der Waals surface area (Å²) in [6.07, 6.45) is 5.53. The smallest absolute Gasteiger partial charge is 0.313 e. The highest BCUT2D eigenvalue weighted by molar-refractivity contribution is 6.40. The van der Waals surface area contributed by atoms with Crippen LogP contribution in [-0.4, -0.2) is 36.4 Å². The molecule has 3 rings (SSSR count). The van der Waals surface area contributed by atoms with Gasteiger partial charge in [0.25, 0.3) is 0 Å². The van der Waals surface area contributed by atoms with Gasteiger partial charge in [0, 0.05) is 48.4 Å². The van der Waals surface area contributed by atoms with Gasteiger partial charge in [-0.3, -0.25) is 14.6 Å². The van der Waals surface area contributed by atoms with Gasteiger partial charge in [-0.05, 0) is 55.5 Å². The molecule has 0 atom stereocenters. The molecular formula is C20H23ClN4O2. The first-order valence-corrected chi connectivity index (χ1v) is 9.41. The van der Waals surface area contributed by atoms with Gasteiger partial charge in [-0.15, -0.1) is 0 Å². The maximum absolute atomic E-state index is 12.1. The van der Waals surface area contributed by atoms with E-state index in [-0.39, 0.29) is 0 Å². The molecule has 2 aromatic rings. The monoisotopic (exact) mass is 386 g/mol. The van der Waals surface area contributed by atoms with Crippen molar-refractivity contribution in [3.8, 4) is 0 Å². The Morgan fingerprint density at radius 1 is 1.15 bits per heavy atom. The summed E-state index contributed by atoms with van der Waals surface area (Å²) in [4.78, 5) is 30.6. The third kappa shape index (κ3) is 4.98. The van der Waals surface area contributed by atoms with E-state index in [4.69, 9.17) is 11.6 Å². The summed E-state index contributed by atoms with van der Waals surface area (Å²) in [6.45, 7) is 4.16. The molecule has 0 unspecified atom stereocenters. The Labute approximate surface area is 163 Å². The number of nitrogens with zero attached hydrogens (tertiary/aromatic N) is 2. The third-order valence-electron chi connectivity index (χ3n) is 4.92. The van der Waals surface area contributed by atoms with Gasteiger partial charge >= 0.3 is 11.8 Å². The largest absolute Gasteiger partial charge is 0.371 e. The molecule has 1 saturated heterocycles. The first-order chi connectivity index (χ1) is 13.0. The topological polar surface area (TPSA) is 74.3 Å². The second-order valence-electron chi connectivity index (χ2n) is 6.71. The van der Waals surface area contributed by atoms with Gasteiger partial charge in [0.1, 0.15) is 0 Å². The molecule has 0 radical (unpaired) electrons. The van der Waals surface area contributed by atoms with Gasteiger partial charge in [0.05, 0.1) is 0 Å². The lowest BCUT2D eigenvalue weighted by atomic mass is 9.96. The fourth-order valence-corrected chi connectivity index (χ4v) is 3.36. The summed E-state index contributed by atoms with van der Waals surface area (Å²) in [6, 6.07) is 9.21. The van der Waals surface area contributed by atoms with Crippen molar-refractivity contribution in [3.05, 3.63) is 53.3 Å². The Bertz CT molecular complexity index is 805. The molecule has 0 spiro atoms. The predicted octanol–water partition coefficient (Wildman–Crippen LogP) is 3.01. The summed E-state index contributed by atoms with van der Waals surface area (Å²) >= 11 is 6.04. The van der Waals surface area contributed by atoms with Gasteiger partial charge in [-0.2, -0.15) is 0 Å². The van der Waals surface area contributed by atoms with Gasteiger partial charge in [-0.1, -0.05) is 17.7 Å². The minimum Gasteiger partial charge on any atom is -0.371 e. The standard InChI is InChI=1S/C20H23ClN4O2/c1-14-17(21)3-2-4-18(14)24-20(27)19(26)23-13-15-7-11-25(12-8-15)16-5-9-22-10-6-16/h2-6,9-10,15H,7-8,11-13H2,1H3,(H,23,26)(H,24,27). The molecule has 2 amide bonds. The van der Waals surface area contributed by atoms with E-state index in [0.717, 1.165) is 31.5 Å². The molecule has 6 nitrogen and oxygen atoms in total. The van der Waals surface area contributed by atoms with Crippen molar-refractivity contribution in [1.29, 1.82) is 0 Å². The van der Waals surface area contributed by atoms with Crippen molar-refractivity contribution < 1.29 is 9.59 Å². The minimum atomic E-state index is -0.672. The van der Waals surface area contributed by atoms with E-state index in [1.165, 1.54) is 5.69 Å². The van der Waals surface area contributed by atoms with E-state index in [0.29, 0.717) is 23.2 Å². The van der Waals surface area contributed by atoms with E-state index in [1.807, 2.05) is 12.1 Å². The maximum Gasteiger partial charge on any atom is 0.313 e. The second-order valence-corrected chi connectivity index (χ2v) is 7.12. The number of rotatable bonds is 4. The fraction of sp³-hybridized carbons (Fsp3) is 0.350. The Kier molecular flexibility index (Phi) is 6.29. The van der Waals surface area contributed by atoms with Gasteiger partial charge in [0.2, 0.25) is 0 Å². The average molecular weight is 387 g/mol. The van der Waals surface area contributed by atoms with E-state index >= 15 is 0 Å². The van der Waals surface area contributed by atoms with Crippen molar-refractivity contribution in [2.75, 3.05) is 29.9 Å². The highest BCUT2D eigenvalue weighted by Gasteiger charge is 2.22. The number of carbonyl (C=O) groups is 2. The zero-order valence-corrected chi connectivity index (χ0v) is 16.0. The predicted molar refractivity (Wildman–Crippen MR) is 107 cm³/mol. The Balaban J connectivity index is 1.44. The van der Waals surface area contributed by atoms with Crippen molar-refractivity contribution in [2.45, 2.75) is 19.8 Å². The summed E-state index contributed by atoms with van der Waals surface area (Å²) < 4.78 is 0. The summed E-state index contributed by atoms with van der Waals surface area (Å²) in [5, 5.41) is 5.92. The molecule has 27 heavy (non-hydrogen) atoms. The molecule has 0 aliphatic carbocycles. The molecule has 142 valence electrons. The molecule has 1 aromatic carbocycles. The molecule has 2 heterocycles. The van der Waals surface area contributed by atoms with Crippen molar-refractivity contribution >= 4 is 34.8 Å². The SMILES string of the molecule is Cc1c(Cl)cccc1NC(=O)C(=O)NCC1CCN(c2ccncc2)CC1. The number of amides is 2.